The first-order valence-electron chi connectivity index (χ1n) is 17.3. The van der Waals surface area contributed by atoms with E-state index in [0.29, 0.717) is 19.4 Å². The van der Waals surface area contributed by atoms with E-state index in [9.17, 15) is 28.9 Å². The smallest absolute Gasteiger partial charge is 0.330 e. The third-order valence-electron chi connectivity index (χ3n) is 7.76. The molecule has 0 radical (unpaired) electrons. The van der Waals surface area contributed by atoms with Crippen LogP contribution in [0.15, 0.2) is 70.5 Å². The highest BCUT2D eigenvalue weighted by molar-refractivity contribution is 7.32. The number of aliphatic hydroxyl groups excluding tert-OH is 1. The molecule has 1 aromatic heterocycles. The van der Waals surface area contributed by atoms with Crippen LogP contribution < -0.4 is 16.6 Å². The third-order valence-corrected chi connectivity index (χ3v) is 8.24. The summed E-state index contributed by atoms with van der Waals surface area (Å²) in [5.41, 5.74) is -1.33. The molecule has 1 aromatic rings. The molecule has 1 saturated heterocycles. The first-order chi connectivity index (χ1) is 23.4. The maximum absolute atomic E-state index is 12.3. The molecule has 1 aliphatic rings. The summed E-state index contributed by atoms with van der Waals surface area (Å²) in [5.74, 6) is 0.0478. The lowest BCUT2D eigenvalue weighted by molar-refractivity contribution is -0.121. The number of H-pyrrole nitrogens is 1. The molecule has 0 spiro atoms. The number of carbonyl (C=O) groups is 1. The van der Waals surface area contributed by atoms with Crippen LogP contribution >= 0.6 is 8.25 Å². The molecule has 48 heavy (non-hydrogen) atoms. The summed E-state index contributed by atoms with van der Waals surface area (Å²) in [5, 5.41) is 12.7. The zero-order valence-corrected chi connectivity index (χ0v) is 29.3. The van der Waals surface area contributed by atoms with Gasteiger partial charge in [0.15, 0.2) is 6.23 Å². The highest BCUT2D eigenvalue weighted by atomic mass is 31.1. The molecule has 5 atom stereocenters. The Kier molecular flexibility index (Phi) is 22.4. The zero-order chi connectivity index (χ0) is 34.8. The summed E-state index contributed by atoms with van der Waals surface area (Å²) in [4.78, 5) is 47.4. The van der Waals surface area contributed by atoms with Gasteiger partial charge in [-0.2, -0.15) is 0 Å². The third kappa shape index (κ3) is 17.5. The minimum atomic E-state index is -3.39. The molecule has 0 aromatic carbocycles. The molecule has 1 fully saturated rings. The van der Waals surface area contributed by atoms with Gasteiger partial charge in [-0.3, -0.25) is 23.7 Å². The standard InChI is InChI=1S/C35H56N3O9P/c1-2-3-4-5-6-7-8-9-10-11-12-13-14-15-16-17-20-23-30(40)36-25-21-18-19-22-27-45-33-32(47-48(43)44)29(28-39)46-34(33)38-26-24-31(41)37-35(38)42/h6-7,9-10,12-13,15-16,24,26,29,32-34,39,48H,2-5,8,11,14,17-23,25,27-28H2,1H3,(H,36,40)(H,43,44)(H,37,41,42)/b7-6-,10-9-,13-12-,16-15-/t29-,32?,33?,34-/m1/s1. The normalized spacial score (nSPS) is 20.6. The van der Waals surface area contributed by atoms with Crippen molar-refractivity contribution in [3.05, 3.63) is 81.7 Å². The molecule has 2 heterocycles. The molecule has 12 nitrogen and oxygen atoms in total. The summed E-state index contributed by atoms with van der Waals surface area (Å²) >= 11 is 0. The fourth-order valence-electron chi connectivity index (χ4n) is 5.20. The maximum atomic E-state index is 12.3. The van der Waals surface area contributed by atoms with E-state index in [1.165, 1.54) is 31.9 Å². The Hall–Kier alpha value is -2.86. The summed E-state index contributed by atoms with van der Waals surface area (Å²) in [6, 6.07) is 1.14. The molecule has 270 valence electrons. The van der Waals surface area contributed by atoms with Crippen LogP contribution in [0.25, 0.3) is 0 Å². The Morgan fingerprint density at radius 3 is 2.21 bits per heavy atom. The second-order valence-corrected chi connectivity index (χ2v) is 12.5. The maximum Gasteiger partial charge on any atom is 0.330 e. The van der Waals surface area contributed by atoms with Gasteiger partial charge in [0.25, 0.3) is 5.56 Å². The van der Waals surface area contributed by atoms with E-state index in [2.05, 4.69) is 65.8 Å². The van der Waals surface area contributed by atoms with Crippen LogP contribution in [0.5, 0.6) is 0 Å². The highest BCUT2D eigenvalue weighted by Gasteiger charge is 2.48. The number of hydrogen-bond acceptors (Lipinski definition) is 8. The second kappa shape index (κ2) is 26.1. The SMILES string of the molecule is CCCCC/C=C\C/C=C\C/C=C\C/C=C\CCCC(=O)NCCCCCCOC1C(O[PH](=O)O)[C@@H](CO)O[C@H]1n1ccc(=O)[nH]c1=O. The Morgan fingerprint density at radius 1 is 0.938 bits per heavy atom. The second-order valence-electron chi connectivity index (χ2n) is 11.7. The average Bonchev–Trinajstić information content (AvgIpc) is 3.39. The van der Waals surface area contributed by atoms with Crippen LogP contribution in [0, 0.1) is 0 Å². The Morgan fingerprint density at radius 2 is 1.58 bits per heavy atom. The average molecular weight is 694 g/mol. The van der Waals surface area contributed by atoms with Crippen molar-refractivity contribution in [2.24, 2.45) is 0 Å². The van der Waals surface area contributed by atoms with E-state index in [1.54, 1.807) is 0 Å². The van der Waals surface area contributed by atoms with Gasteiger partial charge in [0.2, 0.25) is 5.91 Å². The van der Waals surface area contributed by atoms with Gasteiger partial charge in [-0.05, 0) is 57.8 Å². The predicted octanol–water partition coefficient (Wildman–Crippen LogP) is 5.40. The molecule has 0 aliphatic carbocycles. The molecule has 1 amide bonds. The number of rotatable bonds is 26. The minimum Gasteiger partial charge on any atom is -0.394 e. The monoisotopic (exact) mass is 693 g/mol. The molecule has 2 rings (SSSR count). The molecule has 1 aliphatic heterocycles. The van der Waals surface area contributed by atoms with Gasteiger partial charge in [0, 0.05) is 31.8 Å². The molecular formula is C35H56N3O9P. The van der Waals surface area contributed by atoms with Crippen LogP contribution in [0.1, 0.15) is 103 Å². The van der Waals surface area contributed by atoms with Crippen molar-refractivity contribution < 1.29 is 33.4 Å². The van der Waals surface area contributed by atoms with Gasteiger partial charge < -0.3 is 29.3 Å². The van der Waals surface area contributed by atoms with E-state index >= 15 is 0 Å². The van der Waals surface area contributed by atoms with Gasteiger partial charge >= 0.3 is 13.9 Å². The van der Waals surface area contributed by atoms with Crippen molar-refractivity contribution in [1.29, 1.82) is 0 Å². The number of amides is 1. The summed E-state index contributed by atoms with van der Waals surface area (Å²) in [6.45, 7) is 2.54. The van der Waals surface area contributed by atoms with Crippen LogP contribution in [0.4, 0.5) is 0 Å². The number of aromatic amines is 1. The van der Waals surface area contributed by atoms with Crippen LogP contribution in [0.2, 0.25) is 0 Å². The fraction of sp³-hybridized carbons (Fsp3) is 0.629. The van der Waals surface area contributed by atoms with Crippen molar-refractivity contribution in [3.63, 3.8) is 0 Å². The van der Waals surface area contributed by atoms with Gasteiger partial charge in [-0.25, -0.2) is 4.79 Å². The summed E-state index contributed by atoms with van der Waals surface area (Å²) < 4.78 is 29.3. The fourth-order valence-corrected chi connectivity index (χ4v) is 5.72. The first-order valence-corrected chi connectivity index (χ1v) is 18.6. The molecule has 3 unspecified atom stereocenters. The van der Waals surface area contributed by atoms with E-state index in [4.69, 9.17) is 14.0 Å². The largest absolute Gasteiger partial charge is 0.394 e. The molecule has 0 bridgehead atoms. The van der Waals surface area contributed by atoms with Crippen molar-refractivity contribution in [1.82, 2.24) is 14.9 Å². The van der Waals surface area contributed by atoms with E-state index in [-0.39, 0.29) is 12.5 Å². The van der Waals surface area contributed by atoms with Crippen molar-refractivity contribution >= 4 is 14.2 Å². The van der Waals surface area contributed by atoms with Crippen LogP contribution in [-0.2, 0) is 23.4 Å². The number of allylic oxidation sites excluding steroid dienone is 8. The Bertz CT molecular complexity index is 1290. The van der Waals surface area contributed by atoms with Crippen molar-refractivity contribution in [2.75, 3.05) is 19.8 Å². The number of aliphatic hydroxyl groups is 1. The highest BCUT2D eigenvalue weighted by Crippen LogP contribution is 2.37. The van der Waals surface area contributed by atoms with Gasteiger partial charge in [-0.1, -0.05) is 81.2 Å². The summed E-state index contributed by atoms with van der Waals surface area (Å²) in [7, 11) is -3.39. The number of unbranched alkanes of at least 4 members (excludes halogenated alkanes) is 7. The van der Waals surface area contributed by atoms with E-state index in [1.807, 2.05) is 0 Å². The molecule has 13 heteroatoms. The summed E-state index contributed by atoms with van der Waals surface area (Å²) in [6.07, 6.45) is 27.8. The number of nitrogens with one attached hydrogen (secondary N) is 2. The number of hydrogen-bond donors (Lipinski definition) is 4. The Labute approximate surface area is 284 Å². The number of nitrogens with zero attached hydrogens (tertiary/aromatic N) is 1. The number of aromatic nitrogens is 2. The first kappa shape index (κ1) is 41.3. The van der Waals surface area contributed by atoms with Crippen molar-refractivity contribution in [2.45, 2.75) is 121 Å². The lowest BCUT2D eigenvalue weighted by atomic mass is 10.1. The zero-order valence-electron chi connectivity index (χ0n) is 28.3. The molecule has 0 saturated carbocycles. The predicted molar refractivity (Wildman–Crippen MR) is 188 cm³/mol. The quantitative estimate of drug-likeness (QED) is 0.0564. The van der Waals surface area contributed by atoms with Crippen LogP contribution in [0.3, 0.4) is 0 Å². The lowest BCUT2D eigenvalue weighted by Crippen LogP contribution is -2.40. The van der Waals surface area contributed by atoms with Gasteiger partial charge in [0.1, 0.15) is 18.3 Å². The lowest BCUT2D eigenvalue weighted by Gasteiger charge is -2.24. The number of ether oxygens (including phenoxy) is 2. The molecule has 4 N–H and O–H groups in total. The topological polar surface area (TPSA) is 169 Å². The minimum absolute atomic E-state index is 0.0478. The molecular weight excluding hydrogens is 637 g/mol. The Balaban J connectivity index is 1.54. The van der Waals surface area contributed by atoms with Gasteiger partial charge in [0.05, 0.1) is 6.61 Å². The van der Waals surface area contributed by atoms with E-state index in [0.717, 1.165) is 62.0 Å². The van der Waals surface area contributed by atoms with E-state index < -0.39 is 50.7 Å². The van der Waals surface area contributed by atoms with Crippen molar-refractivity contribution in [3.8, 4) is 0 Å². The van der Waals surface area contributed by atoms with Gasteiger partial charge in [-0.15, -0.1) is 0 Å². The number of carbonyl (C=O) groups excluding carboxylic acids is 1. The van der Waals surface area contributed by atoms with Crippen LogP contribution in [-0.4, -0.2) is 63.5 Å².